The van der Waals surface area contributed by atoms with Gasteiger partial charge in [0.25, 0.3) is 0 Å². The highest BCUT2D eigenvalue weighted by Crippen LogP contribution is 2.37. The molecule has 0 aliphatic heterocycles. The first-order valence-electron chi connectivity index (χ1n) is 26.0. The number of nitrogens with zero attached hydrogens (tertiary/aromatic N) is 2. The lowest BCUT2D eigenvalue weighted by Crippen LogP contribution is -2.05. The van der Waals surface area contributed by atoms with Gasteiger partial charge in [0, 0.05) is 16.8 Å². The third-order valence-corrected chi connectivity index (χ3v) is 14.3. The van der Waals surface area contributed by atoms with Crippen molar-refractivity contribution in [1.82, 2.24) is 0 Å². The van der Waals surface area contributed by atoms with Crippen molar-refractivity contribution in [3.63, 3.8) is 0 Å². The van der Waals surface area contributed by atoms with Crippen LogP contribution in [-0.4, -0.2) is 11.5 Å². The Kier molecular flexibility index (Phi) is 14.0. The number of aryl methyl sites for hydroxylation is 2. The molecule has 0 amide bonds. The number of amidine groups is 1. The van der Waals surface area contributed by atoms with E-state index in [9.17, 15) is 0 Å². The molecule has 0 radical (unpaired) electrons. The average molecular weight is 963 g/mol. The Hall–Kier alpha value is -9.24. The van der Waals surface area contributed by atoms with Gasteiger partial charge in [-0.05, 0) is 200 Å². The van der Waals surface area contributed by atoms with Crippen molar-refractivity contribution >= 4 is 22.8 Å². The smallest absolute Gasteiger partial charge is 0.160 e. The predicted octanol–water partition coefficient (Wildman–Crippen LogP) is 19.6. The van der Waals surface area contributed by atoms with Gasteiger partial charge >= 0.3 is 0 Å². The van der Waals surface area contributed by atoms with Crippen LogP contribution in [0.4, 0.5) is 0 Å². The lowest BCUT2D eigenvalue weighted by atomic mass is 9.91. The molecular formula is C73H58N2. The molecule has 0 heterocycles. The third kappa shape index (κ3) is 10.9. The molecule has 1 aliphatic carbocycles. The van der Waals surface area contributed by atoms with Crippen LogP contribution < -0.4 is 0 Å². The summed E-state index contributed by atoms with van der Waals surface area (Å²) < 4.78 is 0. The van der Waals surface area contributed by atoms with Crippen LogP contribution in [0, 0.1) is 13.8 Å². The first-order valence-corrected chi connectivity index (χ1v) is 26.0. The van der Waals surface area contributed by atoms with Crippen molar-refractivity contribution < 1.29 is 0 Å². The second-order valence-corrected chi connectivity index (χ2v) is 19.5. The van der Waals surface area contributed by atoms with Crippen LogP contribution in [-0.2, 0) is 0 Å². The molecule has 0 fully saturated rings. The number of aliphatic imine (C=N–C) groups is 2. The minimum atomic E-state index is 0.585. The van der Waals surface area contributed by atoms with E-state index in [1.807, 2.05) is 0 Å². The minimum Gasteiger partial charge on any atom is -0.233 e. The maximum atomic E-state index is 5.46. The van der Waals surface area contributed by atoms with E-state index in [1.165, 1.54) is 55.6 Å². The van der Waals surface area contributed by atoms with Crippen LogP contribution in [0.15, 0.2) is 277 Å². The van der Waals surface area contributed by atoms with E-state index in [2.05, 4.69) is 288 Å². The van der Waals surface area contributed by atoms with Crippen LogP contribution in [0.25, 0.3) is 89.2 Å². The summed E-state index contributed by atoms with van der Waals surface area (Å²) >= 11 is 0. The van der Waals surface area contributed by atoms with Gasteiger partial charge in [-0.1, -0.05) is 207 Å². The van der Waals surface area contributed by atoms with Crippen LogP contribution >= 0.6 is 0 Å². The van der Waals surface area contributed by atoms with Gasteiger partial charge < -0.3 is 0 Å². The van der Waals surface area contributed by atoms with Crippen LogP contribution in [0.2, 0.25) is 0 Å². The summed E-state index contributed by atoms with van der Waals surface area (Å²) in [6.45, 7) is 11.1. The van der Waals surface area contributed by atoms with Gasteiger partial charge in [-0.3, -0.25) is 0 Å². The van der Waals surface area contributed by atoms with E-state index < -0.39 is 0 Å². The fraction of sp³-hybridized carbons (Fsp3) is 0.0685. The fourth-order valence-corrected chi connectivity index (χ4v) is 10.2. The largest absolute Gasteiger partial charge is 0.233 e. The molecule has 0 N–H and O–H groups in total. The Morgan fingerprint density at radius 1 is 0.347 bits per heavy atom. The van der Waals surface area contributed by atoms with E-state index in [4.69, 9.17) is 9.98 Å². The molecule has 0 saturated heterocycles. The minimum absolute atomic E-state index is 0.585. The molecule has 10 aromatic rings. The molecular weight excluding hydrogens is 905 g/mol. The SMILES string of the molecule is C=C(N=C(N=C(C)c1cccc(-c2ccc(C)c(-c3ccccc3C)c2)c1)c1cccc(-c2cc(C3=CCCC=C3)cc(-c3ccccc3)c2)c1)c1cccc(-c2cc(-c3ccccc3)cc(-c3ccccc3)c2)c1. The molecule has 1 aliphatic rings. The molecule has 10 aromatic carbocycles. The highest BCUT2D eigenvalue weighted by Gasteiger charge is 2.15. The van der Waals surface area contributed by atoms with Gasteiger partial charge in [0.2, 0.25) is 0 Å². The van der Waals surface area contributed by atoms with Gasteiger partial charge in [0.05, 0.1) is 5.70 Å². The summed E-state index contributed by atoms with van der Waals surface area (Å²) in [5.74, 6) is 0.585. The summed E-state index contributed by atoms with van der Waals surface area (Å²) in [5, 5.41) is 0. The zero-order valence-electron chi connectivity index (χ0n) is 42.8. The molecule has 11 rings (SSSR count). The maximum absolute atomic E-state index is 5.46. The van der Waals surface area contributed by atoms with Crippen molar-refractivity contribution in [1.29, 1.82) is 0 Å². The van der Waals surface area contributed by atoms with E-state index in [1.54, 1.807) is 0 Å². The number of benzene rings is 10. The van der Waals surface area contributed by atoms with Crippen molar-refractivity contribution in [2.24, 2.45) is 9.98 Å². The number of hydrogen-bond acceptors (Lipinski definition) is 1. The third-order valence-electron chi connectivity index (χ3n) is 14.3. The standard InChI is InChI=1S/C73H58N2/c1-50-22-17-18-37-71(50)72-49-63(39-38-51(72)2)60-33-19-31-58(40-60)52(3)74-73(64-36-21-35-62(42-64)70-47-67(56-27-13-7-14-28-56)44-68(48-70)57-29-15-8-16-30-57)75-53(4)59-32-20-34-61(41-59)69-45-65(54-23-9-5-10-24-54)43-66(46-69)55-25-11-6-12-26-55/h5-7,9-15,17-49H,4,8,16H2,1-3H3. The van der Waals surface area contributed by atoms with Crippen LogP contribution in [0.5, 0.6) is 0 Å². The topological polar surface area (TPSA) is 24.7 Å². The average Bonchev–Trinajstić information content (AvgIpc) is 3.48. The zero-order chi connectivity index (χ0) is 51.1. The Labute approximate surface area is 442 Å². The molecule has 0 unspecified atom stereocenters. The van der Waals surface area contributed by atoms with Gasteiger partial charge in [-0.15, -0.1) is 0 Å². The lowest BCUT2D eigenvalue weighted by Gasteiger charge is -2.15. The predicted molar refractivity (Wildman–Crippen MR) is 321 cm³/mol. The Balaban J connectivity index is 1.01. The monoisotopic (exact) mass is 962 g/mol. The van der Waals surface area contributed by atoms with E-state index in [0.29, 0.717) is 11.5 Å². The van der Waals surface area contributed by atoms with Crippen LogP contribution in [0.1, 0.15) is 53.1 Å². The molecule has 0 atom stereocenters. The first kappa shape index (κ1) is 48.1. The second-order valence-electron chi connectivity index (χ2n) is 19.5. The number of hydrogen-bond donors (Lipinski definition) is 0. The summed E-state index contributed by atoms with van der Waals surface area (Å²) in [5.41, 5.74) is 25.5. The summed E-state index contributed by atoms with van der Waals surface area (Å²) in [7, 11) is 0. The van der Waals surface area contributed by atoms with Gasteiger partial charge in [-0.2, -0.15) is 0 Å². The Morgan fingerprint density at radius 2 is 0.787 bits per heavy atom. The van der Waals surface area contributed by atoms with E-state index in [-0.39, 0.29) is 0 Å². The highest BCUT2D eigenvalue weighted by molar-refractivity contribution is 6.13. The molecule has 0 spiro atoms. The van der Waals surface area contributed by atoms with E-state index in [0.717, 1.165) is 79.8 Å². The molecule has 0 saturated carbocycles. The summed E-state index contributed by atoms with van der Waals surface area (Å²) in [4.78, 5) is 10.9. The zero-order valence-corrected chi connectivity index (χ0v) is 42.8. The lowest BCUT2D eigenvalue weighted by molar-refractivity contribution is 1.04. The first-order chi connectivity index (χ1) is 36.8. The molecule has 75 heavy (non-hydrogen) atoms. The number of allylic oxidation sites excluding steroid dienone is 4. The second kappa shape index (κ2) is 21.9. The molecule has 2 nitrogen and oxygen atoms in total. The van der Waals surface area contributed by atoms with Crippen LogP contribution in [0.3, 0.4) is 0 Å². The normalized spacial score (nSPS) is 12.6. The van der Waals surface area contributed by atoms with Crippen molar-refractivity contribution in [2.75, 3.05) is 0 Å². The number of rotatable bonds is 12. The van der Waals surface area contributed by atoms with Crippen molar-refractivity contribution in [2.45, 2.75) is 33.6 Å². The fourth-order valence-electron chi connectivity index (χ4n) is 10.2. The van der Waals surface area contributed by atoms with E-state index >= 15 is 0 Å². The Morgan fingerprint density at radius 3 is 1.35 bits per heavy atom. The summed E-state index contributed by atoms with van der Waals surface area (Å²) in [6.07, 6.45) is 8.99. The van der Waals surface area contributed by atoms with Gasteiger partial charge in [-0.25, -0.2) is 9.98 Å². The molecule has 0 bridgehead atoms. The maximum Gasteiger partial charge on any atom is 0.160 e. The Bertz CT molecular complexity index is 3790. The van der Waals surface area contributed by atoms with Crippen molar-refractivity contribution in [3.05, 3.63) is 301 Å². The molecule has 2 heteroatoms. The molecule has 360 valence electrons. The van der Waals surface area contributed by atoms with Gasteiger partial charge in [0.1, 0.15) is 0 Å². The van der Waals surface area contributed by atoms with Crippen molar-refractivity contribution in [3.8, 4) is 77.9 Å². The highest BCUT2D eigenvalue weighted by atomic mass is 14.9. The molecule has 0 aromatic heterocycles. The quantitative estimate of drug-likeness (QED) is 0.0861. The summed E-state index contributed by atoms with van der Waals surface area (Å²) in [6, 6.07) is 87.0. The van der Waals surface area contributed by atoms with Gasteiger partial charge in [0.15, 0.2) is 5.84 Å².